The van der Waals surface area contributed by atoms with Crippen molar-refractivity contribution in [2.75, 3.05) is 0 Å². The van der Waals surface area contributed by atoms with Crippen LogP contribution in [0.1, 0.15) is 69.2 Å². The lowest BCUT2D eigenvalue weighted by molar-refractivity contribution is -0.123. The van der Waals surface area contributed by atoms with Crippen LogP contribution in [0.3, 0.4) is 0 Å². The molecule has 0 saturated heterocycles. The van der Waals surface area contributed by atoms with Crippen molar-refractivity contribution in [3.63, 3.8) is 0 Å². The Balaban J connectivity index is 2.71. The van der Waals surface area contributed by atoms with Crippen LogP contribution in [-0.2, 0) is 4.79 Å². The normalized spacial score (nSPS) is 36.6. The summed E-state index contributed by atoms with van der Waals surface area (Å²) in [5.74, 6) is 2.05. The number of fused-ring (bicyclic) bond motifs is 1. The highest BCUT2D eigenvalue weighted by Crippen LogP contribution is 2.62. The molecule has 2 aliphatic rings. The molecule has 4 atom stereocenters. The van der Waals surface area contributed by atoms with Crippen LogP contribution in [0.25, 0.3) is 0 Å². The van der Waals surface area contributed by atoms with Gasteiger partial charge in [0.05, 0.1) is 0 Å². The van der Waals surface area contributed by atoms with Gasteiger partial charge in [-0.25, -0.2) is 0 Å². The Kier molecular flexibility index (Phi) is 4.28. The summed E-state index contributed by atoms with van der Waals surface area (Å²) in [6.07, 6.45) is 4.83. The van der Waals surface area contributed by atoms with Gasteiger partial charge in [-0.1, -0.05) is 74.5 Å². The molecular formula is C22H36O. The molecule has 0 aromatic heterocycles. The topological polar surface area (TPSA) is 17.1 Å². The first-order valence-corrected chi connectivity index (χ1v) is 9.21. The van der Waals surface area contributed by atoms with Crippen LogP contribution >= 0.6 is 0 Å². The third-order valence-electron chi connectivity index (χ3n) is 7.25. The van der Waals surface area contributed by atoms with Crippen LogP contribution in [-0.4, -0.2) is 5.78 Å². The van der Waals surface area contributed by atoms with Crippen molar-refractivity contribution in [2.24, 2.45) is 39.9 Å². The lowest BCUT2D eigenvalue weighted by Crippen LogP contribution is -2.43. The van der Waals surface area contributed by atoms with Gasteiger partial charge < -0.3 is 0 Å². The lowest BCUT2D eigenvalue weighted by Gasteiger charge is -2.47. The van der Waals surface area contributed by atoms with E-state index in [1.165, 1.54) is 11.1 Å². The minimum atomic E-state index is -0.124. The molecule has 130 valence electrons. The molecule has 0 heterocycles. The second kappa shape index (κ2) is 5.33. The van der Waals surface area contributed by atoms with Crippen LogP contribution < -0.4 is 0 Å². The average molecular weight is 317 g/mol. The van der Waals surface area contributed by atoms with Crippen molar-refractivity contribution in [3.8, 4) is 0 Å². The largest absolute Gasteiger partial charge is 0.299 e. The Morgan fingerprint density at radius 2 is 1.70 bits per heavy atom. The molecule has 2 rings (SSSR count). The maximum atomic E-state index is 12.5. The second-order valence-corrected chi connectivity index (χ2v) is 10.1. The maximum Gasteiger partial charge on any atom is 0.137 e. The zero-order valence-corrected chi connectivity index (χ0v) is 16.9. The number of ketones is 1. The Morgan fingerprint density at radius 3 is 2.09 bits per heavy atom. The summed E-state index contributed by atoms with van der Waals surface area (Å²) >= 11 is 0. The fraction of sp³-hybridized carbons (Fsp3) is 0.773. The van der Waals surface area contributed by atoms with Crippen LogP contribution in [0.4, 0.5) is 0 Å². The molecule has 1 heteroatoms. The van der Waals surface area contributed by atoms with Crippen LogP contribution in [0.2, 0.25) is 0 Å². The Bertz CT molecular complexity index is 567. The molecule has 1 nitrogen and oxygen atoms in total. The first-order chi connectivity index (χ1) is 10.2. The van der Waals surface area contributed by atoms with Gasteiger partial charge >= 0.3 is 0 Å². The van der Waals surface area contributed by atoms with E-state index < -0.39 is 0 Å². The van der Waals surface area contributed by atoms with Crippen molar-refractivity contribution in [1.29, 1.82) is 0 Å². The van der Waals surface area contributed by atoms with Crippen LogP contribution in [0.15, 0.2) is 23.3 Å². The smallest absolute Gasteiger partial charge is 0.137 e. The van der Waals surface area contributed by atoms with Crippen molar-refractivity contribution in [2.45, 2.75) is 69.2 Å². The molecule has 0 aliphatic heterocycles. The Hall–Kier alpha value is -0.850. The van der Waals surface area contributed by atoms with E-state index in [1.807, 2.05) is 0 Å². The van der Waals surface area contributed by atoms with Gasteiger partial charge in [-0.2, -0.15) is 0 Å². The summed E-state index contributed by atoms with van der Waals surface area (Å²) in [7, 11) is 0. The maximum absolute atomic E-state index is 12.5. The molecule has 0 aromatic carbocycles. The summed E-state index contributed by atoms with van der Waals surface area (Å²) in [4.78, 5) is 12.5. The van der Waals surface area contributed by atoms with Gasteiger partial charge in [-0.05, 0) is 46.7 Å². The number of hydrogen-bond acceptors (Lipinski definition) is 1. The molecule has 1 fully saturated rings. The Morgan fingerprint density at radius 1 is 1.17 bits per heavy atom. The first kappa shape index (κ1) is 18.5. The number of carbonyl (C=O) groups is 1. The number of hydrogen-bond donors (Lipinski definition) is 0. The van der Waals surface area contributed by atoms with E-state index in [0.717, 1.165) is 0 Å². The highest BCUT2D eigenvalue weighted by Gasteiger charge is 2.54. The summed E-state index contributed by atoms with van der Waals surface area (Å²) < 4.78 is 0. The molecule has 1 saturated carbocycles. The first-order valence-electron chi connectivity index (χ1n) is 9.21. The minimum absolute atomic E-state index is 0.0106. The van der Waals surface area contributed by atoms with Crippen molar-refractivity contribution in [3.05, 3.63) is 23.3 Å². The SMILES string of the molecule is CC(=O)C1C=C2C(=CC1(C)C(C)(C)C)C(C)(C)C(C)C2C(C)C. The number of rotatable bonds is 2. The molecule has 23 heavy (non-hydrogen) atoms. The van der Waals surface area contributed by atoms with E-state index in [2.05, 4.69) is 74.5 Å². The van der Waals surface area contributed by atoms with E-state index in [0.29, 0.717) is 23.5 Å². The second-order valence-electron chi connectivity index (χ2n) is 10.1. The molecule has 0 N–H and O–H groups in total. The molecule has 0 amide bonds. The molecule has 2 aliphatic carbocycles. The number of carbonyl (C=O) groups excluding carboxylic acids is 1. The molecule has 4 unspecified atom stereocenters. The van der Waals surface area contributed by atoms with Crippen molar-refractivity contribution >= 4 is 5.78 Å². The van der Waals surface area contributed by atoms with Gasteiger partial charge in [0.2, 0.25) is 0 Å². The highest BCUT2D eigenvalue weighted by atomic mass is 16.1. The zero-order valence-electron chi connectivity index (χ0n) is 16.9. The average Bonchev–Trinajstić information content (AvgIpc) is 2.55. The third-order valence-corrected chi connectivity index (χ3v) is 7.25. The summed E-state index contributed by atoms with van der Waals surface area (Å²) in [5, 5.41) is 0. The van der Waals surface area contributed by atoms with Gasteiger partial charge in [-0.15, -0.1) is 0 Å². The van der Waals surface area contributed by atoms with E-state index >= 15 is 0 Å². The van der Waals surface area contributed by atoms with Gasteiger partial charge in [0.25, 0.3) is 0 Å². The van der Waals surface area contributed by atoms with E-state index in [1.54, 1.807) is 6.92 Å². The standard InChI is InChI=1S/C22H36O/c1-13(2)19-14(3)21(8,9)18-12-22(10,20(5,6)7)17(15(4)23)11-16(18)19/h11-14,17,19H,1-10H3. The van der Waals surface area contributed by atoms with Gasteiger partial charge in [0.15, 0.2) is 0 Å². The fourth-order valence-corrected chi connectivity index (χ4v) is 4.89. The molecule has 0 radical (unpaired) electrons. The third kappa shape index (κ3) is 2.55. The molecule has 0 aromatic rings. The van der Waals surface area contributed by atoms with E-state index in [4.69, 9.17) is 0 Å². The summed E-state index contributed by atoms with van der Waals surface area (Å²) in [6, 6.07) is 0. The van der Waals surface area contributed by atoms with Crippen LogP contribution in [0, 0.1) is 39.9 Å². The fourth-order valence-electron chi connectivity index (χ4n) is 4.89. The lowest BCUT2D eigenvalue weighted by atomic mass is 9.56. The van der Waals surface area contributed by atoms with Gasteiger partial charge in [0.1, 0.15) is 5.78 Å². The zero-order chi connectivity index (χ0) is 18.0. The predicted molar refractivity (Wildman–Crippen MR) is 99.2 cm³/mol. The van der Waals surface area contributed by atoms with E-state index in [9.17, 15) is 4.79 Å². The summed E-state index contributed by atoms with van der Waals surface area (Å²) in [6.45, 7) is 22.7. The van der Waals surface area contributed by atoms with Crippen molar-refractivity contribution < 1.29 is 4.79 Å². The molecule has 0 spiro atoms. The van der Waals surface area contributed by atoms with Gasteiger partial charge in [-0.3, -0.25) is 4.79 Å². The number of allylic oxidation sites excluding steroid dienone is 4. The number of Topliss-reactive ketones (excluding diaryl/α,β-unsaturated/α-hetero) is 1. The Labute approximate surface area is 143 Å². The minimum Gasteiger partial charge on any atom is -0.299 e. The molecular weight excluding hydrogens is 280 g/mol. The summed E-state index contributed by atoms with van der Waals surface area (Å²) in [5.41, 5.74) is 3.06. The van der Waals surface area contributed by atoms with E-state index in [-0.39, 0.29) is 22.2 Å². The highest BCUT2D eigenvalue weighted by molar-refractivity contribution is 5.82. The van der Waals surface area contributed by atoms with Crippen molar-refractivity contribution in [1.82, 2.24) is 0 Å². The van der Waals surface area contributed by atoms with Gasteiger partial charge in [0, 0.05) is 11.3 Å². The predicted octanol–water partition coefficient (Wildman–Crippen LogP) is 6.06. The quantitative estimate of drug-likeness (QED) is 0.605. The molecule has 0 bridgehead atoms. The monoisotopic (exact) mass is 316 g/mol. The van der Waals surface area contributed by atoms with Crippen LogP contribution in [0.5, 0.6) is 0 Å².